The quantitative estimate of drug-likeness (QED) is 0.729. The fourth-order valence-corrected chi connectivity index (χ4v) is 2.12. The van der Waals surface area contributed by atoms with Crippen molar-refractivity contribution in [1.29, 1.82) is 0 Å². The number of rotatable bonds is 5. The van der Waals surface area contributed by atoms with E-state index >= 15 is 0 Å². The van der Waals surface area contributed by atoms with Crippen LogP contribution >= 0.6 is 0 Å². The normalized spacial score (nSPS) is 10.3. The van der Waals surface area contributed by atoms with Crippen LogP contribution in [0.5, 0.6) is 5.75 Å². The summed E-state index contributed by atoms with van der Waals surface area (Å²) in [4.78, 5) is 23.6. The molecule has 1 aromatic carbocycles. The van der Waals surface area contributed by atoms with Gasteiger partial charge in [-0.3, -0.25) is 14.3 Å². The van der Waals surface area contributed by atoms with Gasteiger partial charge in [0, 0.05) is 36.1 Å². The Morgan fingerprint density at radius 3 is 2.78 bits per heavy atom. The average molecular weight is 316 g/mol. The predicted octanol–water partition coefficient (Wildman–Crippen LogP) is 1.56. The summed E-state index contributed by atoms with van der Waals surface area (Å²) in [5, 5.41) is 18.6. The van der Waals surface area contributed by atoms with E-state index in [-0.39, 0.29) is 12.3 Å². The number of phenolic OH excluding ortho intramolecular Hbond substituents is 1. The predicted molar refractivity (Wildman–Crippen MR) is 85.8 cm³/mol. The first kappa shape index (κ1) is 16.5. The van der Waals surface area contributed by atoms with Crippen LogP contribution in [0.2, 0.25) is 0 Å². The molecule has 0 saturated heterocycles. The highest BCUT2D eigenvalue weighted by Crippen LogP contribution is 2.15. The zero-order valence-electron chi connectivity index (χ0n) is 13.2. The summed E-state index contributed by atoms with van der Waals surface area (Å²) in [6.07, 6.45) is 2.67. The first-order chi connectivity index (χ1) is 11.0. The summed E-state index contributed by atoms with van der Waals surface area (Å²) in [6.45, 7) is 5.05. The van der Waals surface area contributed by atoms with Gasteiger partial charge in [0.15, 0.2) is 0 Å². The number of phenols is 1. The van der Waals surface area contributed by atoms with Gasteiger partial charge >= 0.3 is 11.8 Å². The maximum atomic E-state index is 11.8. The molecule has 2 aromatic rings. The Hall–Kier alpha value is -2.83. The van der Waals surface area contributed by atoms with Crippen LogP contribution < -0.4 is 10.6 Å². The maximum absolute atomic E-state index is 11.8. The van der Waals surface area contributed by atoms with Crippen molar-refractivity contribution in [3.63, 3.8) is 0 Å². The minimum atomic E-state index is -0.783. The van der Waals surface area contributed by atoms with E-state index in [1.54, 1.807) is 18.3 Å². The van der Waals surface area contributed by atoms with E-state index in [4.69, 9.17) is 0 Å². The molecular weight excluding hydrogens is 296 g/mol. The molecule has 2 amide bonds. The zero-order valence-corrected chi connectivity index (χ0v) is 13.2. The van der Waals surface area contributed by atoms with Crippen molar-refractivity contribution in [3.05, 3.63) is 41.7 Å². The molecule has 1 aromatic heterocycles. The number of hydrogen-bond donors (Lipinski definition) is 3. The number of amides is 2. The average Bonchev–Trinajstić information content (AvgIpc) is 2.86. The van der Waals surface area contributed by atoms with Crippen molar-refractivity contribution in [1.82, 2.24) is 15.1 Å². The SMILES string of the molecule is CCCn1ncc(CNC(=O)C(=O)Nc2cccc(O)c2)c1C. The minimum absolute atomic E-state index is 0.0159. The number of carbonyl (C=O) groups excluding carboxylic acids is 2. The Bertz CT molecular complexity index is 709. The molecule has 0 unspecified atom stereocenters. The summed E-state index contributed by atoms with van der Waals surface area (Å²) < 4.78 is 1.87. The molecule has 1 heterocycles. The summed E-state index contributed by atoms with van der Waals surface area (Å²) in [5.41, 5.74) is 2.20. The second kappa shape index (κ2) is 7.44. The van der Waals surface area contributed by atoms with Crippen molar-refractivity contribution in [2.24, 2.45) is 0 Å². The number of aryl methyl sites for hydroxylation is 1. The molecule has 7 heteroatoms. The topological polar surface area (TPSA) is 96.2 Å². The van der Waals surface area contributed by atoms with E-state index in [0.717, 1.165) is 24.2 Å². The molecule has 0 aliphatic rings. The van der Waals surface area contributed by atoms with Gasteiger partial charge in [-0.05, 0) is 25.5 Å². The number of benzene rings is 1. The Balaban J connectivity index is 1.90. The molecule has 0 saturated carbocycles. The molecule has 0 aliphatic heterocycles. The van der Waals surface area contributed by atoms with Gasteiger partial charge in [-0.25, -0.2) is 0 Å². The maximum Gasteiger partial charge on any atom is 0.313 e. The molecule has 0 atom stereocenters. The van der Waals surface area contributed by atoms with Crippen LogP contribution in [0, 0.1) is 6.92 Å². The number of aromatic nitrogens is 2. The van der Waals surface area contributed by atoms with E-state index in [2.05, 4.69) is 22.7 Å². The van der Waals surface area contributed by atoms with Crippen molar-refractivity contribution >= 4 is 17.5 Å². The molecule has 3 N–H and O–H groups in total. The fourth-order valence-electron chi connectivity index (χ4n) is 2.12. The van der Waals surface area contributed by atoms with Gasteiger partial charge in [0.2, 0.25) is 0 Å². The van der Waals surface area contributed by atoms with Crippen LogP contribution in [0.15, 0.2) is 30.5 Å². The van der Waals surface area contributed by atoms with Crippen LogP contribution in [0.3, 0.4) is 0 Å². The van der Waals surface area contributed by atoms with E-state index in [9.17, 15) is 14.7 Å². The second-order valence-electron chi connectivity index (χ2n) is 5.17. The lowest BCUT2D eigenvalue weighted by atomic mass is 10.2. The van der Waals surface area contributed by atoms with Gasteiger partial charge in [-0.2, -0.15) is 5.10 Å². The highest BCUT2D eigenvalue weighted by Gasteiger charge is 2.15. The highest BCUT2D eigenvalue weighted by molar-refractivity contribution is 6.39. The van der Waals surface area contributed by atoms with Crippen LogP contribution in [-0.4, -0.2) is 26.7 Å². The zero-order chi connectivity index (χ0) is 16.8. The Morgan fingerprint density at radius 1 is 1.30 bits per heavy atom. The Morgan fingerprint density at radius 2 is 2.09 bits per heavy atom. The van der Waals surface area contributed by atoms with Crippen LogP contribution in [-0.2, 0) is 22.7 Å². The molecule has 2 rings (SSSR count). The smallest absolute Gasteiger partial charge is 0.313 e. The van der Waals surface area contributed by atoms with Crippen LogP contribution in [0.1, 0.15) is 24.6 Å². The fraction of sp³-hybridized carbons (Fsp3) is 0.312. The van der Waals surface area contributed by atoms with Crippen molar-refractivity contribution < 1.29 is 14.7 Å². The van der Waals surface area contributed by atoms with Gasteiger partial charge in [0.25, 0.3) is 0 Å². The lowest BCUT2D eigenvalue weighted by Gasteiger charge is -2.07. The third kappa shape index (κ3) is 4.32. The monoisotopic (exact) mass is 316 g/mol. The molecular formula is C16H20N4O3. The lowest BCUT2D eigenvalue weighted by molar-refractivity contribution is -0.136. The summed E-state index contributed by atoms with van der Waals surface area (Å²) >= 11 is 0. The first-order valence-electron chi connectivity index (χ1n) is 7.40. The van der Waals surface area contributed by atoms with Gasteiger partial charge in [0.1, 0.15) is 5.75 Å². The van der Waals surface area contributed by atoms with E-state index in [1.807, 2.05) is 11.6 Å². The van der Waals surface area contributed by atoms with Crippen LogP contribution in [0.25, 0.3) is 0 Å². The van der Waals surface area contributed by atoms with Gasteiger partial charge < -0.3 is 15.7 Å². The molecule has 7 nitrogen and oxygen atoms in total. The highest BCUT2D eigenvalue weighted by atomic mass is 16.3. The molecule has 23 heavy (non-hydrogen) atoms. The van der Waals surface area contributed by atoms with Gasteiger partial charge in [-0.1, -0.05) is 13.0 Å². The lowest BCUT2D eigenvalue weighted by Crippen LogP contribution is -2.35. The molecule has 0 aliphatic carbocycles. The largest absolute Gasteiger partial charge is 0.508 e. The third-order valence-corrected chi connectivity index (χ3v) is 3.39. The van der Waals surface area contributed by atoms with Crippen molar-refractivity contribution in [2.75, 3.05) is 5.32 Å². The second-order valence-corrected chi connectivity index (χ2v) is 5.17. The van der Waals surface area contributed by atoms with Crippen LogP contribution in [0.4, 0.5) is 5.69 Å². The van der Waals surface area contributed by atoms with Gasteiger partial charge in [0.05, 0.1) is 6.20 Å². The third-order valence-electron chi connectivity index (χ3n) is 3.39. The Kier molecular flexibility index (Phi) is 5.35. The molecule has 122 valence electrons. The number of anilines is 1. The number of aromatic hydroxyl groups is 1. The first-order valence-corrected chi connectivity index (χ1v) is 7.40. The number of carbonyl (C=O) groups is 2. The number of nitrogens with one attached hydrogen (secondary N) is 2. The van der Waals surface area contributed by atoms with Gasteiger partial charge in [-0.15, -0.1) is 0 Å². The summed E-state index contributed by atoms with van der Waals surface area (Å²) in [5.74, 6) is -1.51. The van der Waals surface area contributed by atoms with E-state index in [1.165, 1.54) is 12.1 Å². The summed E-state index contributed by atoms with van der Waals surface area (Å²) in [6, 6.07) is 6.01. The molecule has 0 spiro atoms. The molecule has 0 fully saturated rings. The minimum Gasteiger partial charge on any atom is -0.508 e. The molecule has 0 bridgehead atoms. The van der Waals surface area contributed by atoms with Crippen molar-refractivity contribution in [3.8, 4) is 5.75 Å². The number of nitrogens with zero attached hydrogens (tertiary/aromatic N) is 2. The Labute approximate surface area is 134 Å². The number of hydrogen-bond acceptors (Lipinski definition) is 4. The van der Waals surface area contributed by atoms with E-state index in [0.29, 0.717) is 5.69 Å². The van der Waals surface area contributed by atoms with E-state index < -0.39 is 11.8 Å². The standard InChI is InChI=1S/C16H20N4O3/c1-3-7-20-11(2)12(10-18-20)9-17-15(22)16(23)19-13-5-4-6-14(21)8-13/h4-6,8,10,21H,3,7,9H2,1-2H3,(H,17,22)(H,19,23). The molecule has 0 radical (unpaired) electrons. The van der Waals surface area contributed by atoms with Crippen molar-refractivity contribution in [2.45, 2.75) is 33.4 Å². The summed E-state index contributed by atoms with van der Waals surface area (Å²) in [7, 11) is 0.